The van der Waals surface area contributed by atoms with Gasteiger partial charge in [0.05, 0.1) is 11.3 Å². The number of halogens is 1. The number of nitrogens with one attached hydrogen (secondary N) is 2. The number of nitrogens with two attached hydrogens (primary N) is 1. The number of rotatable bonds is 5. The number of primary amides is 1. The van der Waals surface area contributed by atoms with Gasteiger partial charge in [0.1, 0.15) is 17.7 Å². The summed E-state index contributed by atoms with van der Waals surface area (Å²) in [5, 5.41) is 5.43. The zero-order valence-corrected chi connectivity index (χ0v) is 19.7. The fraction of sp³-hybridized carbons (Fsp3) is 0.478. The van der Waals surface area contributed by atoms with Crippen LogP contribution < -0.4 is 16.4 Å². The maximum Gasteiger partial charge on any atom is 0.272 e. The Kier molecular flexibility index (Phi) is 6.87. The average Bonchev–Trinajstić information content (AvgIpc) is 2.97. The largest absolute Gasteiger partial charge is 0.366 e. The van der Waals surface area contributed by atoms with E-state index in [1.54, 1.807) is 0 Å². The van der Waals surface area contributed by atoms with Crippen molar-refractivity contribution < 1.29 is 18.8 Å². The van der Waals surface area contributed by atoms with Gasteiger partial charge in [0.25, 0.3) is 11.8 Å². The number of likely N-dealkylation sites (N-methyl/N-ethyl adjacent to an activating group) is 1. The number of carbonyl (C=O) groups excluding carboxylic acids is 3. The van der Waals surface area contributed by atoms with E-state index in [1.807, 2.05) is 32.4 Å². The third-order valence-corrected chi connectivity index (χ3v) is 5.77. The molecule has 1 atom stereocenters. The van der Waals surface area contributed by atoms with Crippen LogP contribution in [0.5, 0.6) is 0 Å². The van der Waals surface area contributed by atoms with Gasteiger partial charge >= 0.3 is 0 Å². The number of carbonyl (C=O) groups is 3. The lowest BCUT2D eigenvalue weighted by atomic mass is 9.86. The zero-order chi connectivity index (χ0) is 24.5. The highest BCUT2D eigenvalue weighted by atomic mass is 19.1. The van der Waals surface area contributed by atoms with Crippen molar-refractivity contribution in [2.75, 3.05) is 20.6 Å². The smallest absolute Gasteiger partial charge is 0.272 e. The molecule has 178 valence electrons. The number of fused-ring (bicyclic) bond motifs is 1. The van der Waals surface area contributed by atoms with Gasteiger partial charge in [-0.15, -0.1) is 0 Å². The first-order valence-corrected chi connectivity index (χ1v) is 10.8. The fourth-order valence-corrected chi connectivity index (χ4v) is 4.00. The van der Waals surface area contributed by atoms with E-state index in [0.717, 1.165) is 13.0 Å². The molecule has 0 fully saturated rings. The Bertz CT molecular complexity index is 1090. The van der Waals surface area contributed by atoms with Gasteiger partial charge in [-0.2, -0.15) is 0 Å². The molecule has 0 saturated heterocycles. The Hall–Kier alpha value is -3.27. The van der Waals surface area contributed by atoms with E-state index in [4.69, 9.17) is 5.73 Å². The van der Waals surface area contributed by atoms with Crippen LogP contribution in [0.1, 0.15) is 53.7 Å². The topological polar surface area (TPSA) is 122 Å². The highest BCUT2D eigenvalue weighted by Gasteiger charge is 2.34. The molecule has 0 saturated carbocycles. The molecule has 2 heterocycles. The van der Waals surface area contributed by atoms with Crippen LogP contribution in [-0.2, 0) is 17.9 Å². The minimum Gasteiger partial charge on any atom is -0.366 e. The summed E-state index contributed by atoms with van der Waals surface area (Å²) in [4.78, 5) is 44.2. The van der Waals surface area contributed by atoms with Crippen molar-refractivity contribution in [3.05, 3.63) is 41.0 Å². The maximum absolute atomic E-state index is 14.1. The summed E-state index contributed by atoms with van der Waals surface area (Å²) in [6.07, 6.45) is 0.820. The van der Waals surface area contributed by atoms with Crippen LogP contribution in [0.25, 0.3) is 11.4 Å². The summed E-state index contributed by atoms with van der Waals surface area (Å²) in [5.74, 6) is -1.93. The highest BCUT2D eigenvalue weighted by Crippen LogP contribution is 2.28. The number of amides is 3. The lowest BCUT2D eigenvalue weighted by Crippen LogP contribution is -2.53. The van der Waals surface area contributed by atoms with Gasteiger partial charge in [-0.1, -0.05) is 20.8 Å². The molecule has 10 heteroatoms. The molecule has 33 heavy (non-hydrogen) atoms. The van der Waals surface area contributed by atoms with Crippen LogP contribution in [0.2, 0.25) is 0 Å². The van der Waals surface area contributed by atoms with Gasteiger partial charge in [0, 0.05) is 25.7 Å². The number of hydrogen-bond donors (Lipinski definition) is 3. The Morgan fingerprint density at radius 3 is 2.52 bits per heavy atom. The predicted octanol–water partition coefficient (Wildman–Crippen LogP) is 1.51. The lowest BCUT2D eigenvalue weighted by Gasteiger charge is -2.29. The highest BCUT2D eigenvalue weighted by molar-refractivity contribution is 5.98. The quantitative estimate of drug-likeness (QED) is 0.627. The Labute approximate surface area is 192 Å². The first kappa shape index (κ1) is 24.4. The van der Waals surface area contributed by atoms with Crippen LogP contribution in [0, 0.1) is 11.2 Å². The molecular formula is C23H31FN6O3. The molecule has 1 aliphatic rings. The zero-order valence-electron chi connectivity index (χ0n) is 19.7. The monoisotopic (exact) mass is 458 g/mol. The third-order valence-electron chi connectivity index (χ3n) is 5.77. The van der Waals surface area contributed by atoms with E-state index in [2.05, 4.69) is 20.5 Å². The molecule has 2 aromatic rings. The van der Waals surface area contributed by atoms with Gasteiger partial charge < -0.3 is 25.8 Å². The minimum absolute atomic E-state index is 0.196. The molecule has 0 aliphatic carbocycles. The second-order valence-electron chi connectivity index (χ2n) is 9.42. The van der Waals surface area contributed by atoms with Crippen LogP contribution >= 0.6 is 0 Å². The number of benzene rings is 1. The Morgan fingerprint density at radius 1 is 1.21 bits per heavy atom. The molecule has 1 aromatic heterocycles. The van der Waals surface area contributed by atoms with E-state index in [9.17, 15) is 18.8 Å². The summed E-state index contributed by atoms with van der Waals surface area (Å²) in [6.45, 7) is 7.48. The second-order valence-corrected chi connectivity index (χ2v) is 9.42. The van der Waals surface area contributed by atoms with Crippen molar-refractivity contribution in [3.8, 4) is 11.4 Å². The Morgan fingerprint density at radius 2 is 1.91 bits per heavy atom. The molecule has 0 bridgehead atoms. The minimum atomic E-state index is -0.881. The normalized spacial score (nSPS) is 15.3. The number of hydrogen-bond acceptors (Lipinski definition) is 5. The van der Waals surface area contributed by atoms with Crippen molar-refractivity contribution in [1.82, 2.24) is 25.1 Å². The number of aromatic nitrogens is 2. The van der Waals surface area contributed by atoms with Crippen molar-refractivity contribution >= 4 is 17.7 Å². The molecule has 9 nitrogen and oxygen atoms in total. The predicted molar refractivity (Wildman–Crippen MR) is 122 cm³/mol. The molecule has 1 aliphatic heterocycles. The standard InChI is InChI=1S/C23H31FN6O3/c1-23(2,3)18(22(33)26-4)28-21(32)17-16-12-29(5)9-6-10-30(16)20(27-17)13-7-8-15(24)14(11-13)19(25)31/h7-8,11,18H,6,9-10,12H2,1-5H3,(H2,25,31)(H,26,33)(H,28,32)/t18-/m1/s1. The summed E-state index contributed by atoms with van der Waals surface area (Å²) in [5.41, 5.74) is 5.92. The molecule has 0 unspecified atom stereocenters. The van der Waals surface area contributed by atoms with Crippen LogP contribution in [0.3, 0.4) is 0 Å². The summed E-state index contributed by atoms with van der Waals surface area (Å²) in [6, 6.07) is 3.26. The van der Waals surface area contributed by atoms with Crippen LogP contribution in [0.4, 0.5) is 4.39 Å². The van der Waals surface area contributed by atoms with Gasteiger partial charge in [-0.05, 0) is 43.6 Å². The van der Waals surface area contributed by atoms with Crippen LogP contribution in [0.15, 0.2) is 18.2 Å². The molecule has 4 N–H and O–H groups in total. The maximum atomic E-state index is 14.1. The van der Waals surface area contributed by atoms with Crippen LogP contribution in [-0.4, -0.2) is 58.9 Å². The summed E-state index contributed by atoms with van der Waals surface area (Å²) in [7, 11) is 3.48. The first-order chi connectivity index (χ1) is 15.4. The fourth-order valence-electron chi connectivity index (χ4n) is 4.00. The van der Waals surface area contributed by atoms with Gasteiger partial charge in [0.15, 0.2) is 5.69 Å². The SMILES string of the molecule is CNC(=O)[C@@H](NC(=O)c1nc(-c2ccc(F)c(C(N)=O)c2)n2c1CN(C)CCC2)C(C)(C)C. The third kappa shape index (κ3) is 5.05. The molecule has 0 spiro atoms. The van der Waals surface area contributed by atoms with E-state index in [1.165, 1.54) is 25.2 Å². The first-order valence-electron chi connectivity index (χ1n) is 10.8. The lowest BCUT2D eigenvalue weighted by molar-refractivity contribution is -0.124. The molecule has 0 radical (unpaired) electrons. The number of imidazole rings is 1. The summed E-state index contributed by atoms with van der Waals surface area (Å²) >= 11 is 0. The average molecular weight is 459 g/mol. The van der Waals surface area contributed by atoms with Crippen molar-refractivity contribution in [1.29, 1.82) is 0 Å². The second kappa shape index (κ2) is 9.30. The van der Waals surface area contributed by atoms with E-state index in [0.29, 0.717) is 30.2 Å². The van der Waals surface area contributed by atoms with E-state index < -0.39 is 29.1 Å². The van der Waals surface area contributed by atoms with Crippen molar-refractivity contribution in [2.45, 2.75) is 46.3 Å². The van der Waals surface area contributed by atoms with E-state index in [-0.39, 0.29) is 17.2 Å². The number of nitrogens with zero attached hydrogens (tertiary/aromatic N) is 3. The van der Waals surface area contributed by atoms with Crippen molar-refractivity contribution in [2.24, 2.45) is 11.1 Å². The van der Waals surface area contributed by atoms with Crippen molar-refractivity contribution in [3.63, 3.8) is 0 Å². The molecule has 1 aromatic carbocycles. The molecule has 3 amide bonds. The summed E-state index contributed by atoms with van der Waals surface area (Å²) < 4.78 is 16.0. The molecular weight excluding hydrogens is 427 g/mol. The Balaban J connectivity index is 2.11. The molecule has 3 rings (SSSR count). The van der Waals surface area contributed by atoms with Gasteiger partial charge in [-0.25, -0.2) is 9.37 Å². The van der Waals surface area contributed by atoms with Gasteiger partial charge in [-0.3, -0.25) is 14.4 Å². The van der Waals surface area contributed by atoms with Gasteiger partial charge in [0.2, 0.25) is 5.91 Å². The van der Waals surface area contributed by atoms with E-state index >= 15 is 0 Å².